The number of alkyl halides is 6. The van der Waals surface area contributed by atoms with Gasteiger partial charge >= 0.3 is 18.3 Å². The van der Waals surface area contributed by atoms with Gasteiger partial charge in [-0.1, -0.05) is 0 Å². The number of rotatable bonds is 3. The van der Waals surface area contributed by atoms with E-state index < -0.39 is 45.3 Å². The number of aromatic nitrogens is 5. The molecule has 0 unspecified atom stereocenters. The highest BCUT2D eigenvalue weighted by atomic mass is 79.9. The zero-order valence-electron chi connectivity index (χ0n) is 27.2. The number of Topliss-reactive ketones (excluding diaryl/α,β-unsaturated/α-hetero) is 1. The maximum atomic E-state index is 12.6. The second kappa shape index (κ2) is 17.5. The molecule has 0 aliphatic heterocycles. The van der Waals surface area contributed by atoms with E-state index in [0.29, 0.717) is 18.5 Å². The van der Waals surface area contributed by atoms with E-state index >= 15 is 0 Å². The zero-order chi connectivity index (χ0) is 38.0. The number of carbonyl (C=O) groups excluding carboxylic acids is 2. The van der Waals surface area contributed by atoms with Crippen LogP contribution in [0.1, 0.15) is 48.3 Å². The third-order valence-electron chi connectivity index (χ3n) is 5.95. The number of esters is 1. The van der Waals surface area contributed by atoms with Gasteiger partial charge in [0.05, 0.1) is 6.61 Å². The molecule has 0 fully saturated rings. The van der Waals surface area contributed by atoms with Gasteiger partial charge in [-0.25, -0.2) is 15.0 Å². The minimum Gasteiger partial charge on any atom is -0.466 e. The maximum absolute atomic E-state index is 12.6. The number of nitrogens with zero attached hydrogens (tertiary/aromatic N) is 5. The van der Waals surface area contributed by atoms with Crippen molar-refractivity contribution in [2.75, 3.05) is 12.3 Å². The minimum atomic E-state index is -4.66. The molecule has 0 saturated heterocycles. The SMILES string of the molecule is CCOC(=O)CC(C)=O.Cc1ccn2c(=O)c(Br)c(C(F)(F)F)nc2c1.Cc1ccn2c(=O)cc(C(F)(F)F)nc2c1.Cc1ccnc(N)c1. The summed E-state index contributed by atoms with van der Waals surface area (Å²) in [5.41, 5.74) is 4.07. The lowest BCUT2D eigenvalue weighted by Gasteiger charge is -2.09. The van der Waals surface area contributed by atoms with Crippen molar-refractivity contribution in [3.63, 3.8) is 0 Å². The third kappa shape index (κ3) is 12.4. The average Bonchev–Trinajstić information content (AvgIpc) is 2.98. The lowest BCUT2D eigenvalue weighted by atomic mass is 10.3. The highest BCUT2D eigenvalue weighted by molar-refractivity contribution is 9.10. The molecule has 2 N–H and O–H groups in total. The fourth-order valence-corrected chi connectivity index (χ4v) is 4.24. The number of hydrogen-bond donors (Lipinski definition) is 1. The van der Waals surface area contributed by atoms with Gasteiger partial charge in [0, 0.05) is 24.7 Å². The van der Waals surface area contributed by atoms with Gasteiger partial charge in [0.25, 0.3) is 11.1 Å². The van der Waals surface area contributed by atoms with Crippen LogP contribution in [-0.4, -0.2) is 42.1 Å². The molecule has 0 amide bonds. The van der Waals surface area contributed by atoms with Crippen LogP contribution in [-0.2, 0) is 26.7 Å². The van der Waals surface area contributed by atoms with Gasteiger partial charge in [-0.15, -0.1) is 0 Å². The Hall–Kier alpha value is -5.13. The van der Waals surface area contributed by atoms with Crippen LogP contribution in [0.2, 0.25) is 0 Å². The summed E-state index contributed by atoms with van der Waals surface area (Å²) in [6.45, 7) is 8.81. The molecule has 18 heteroatoms. The van der Waals surface area contributed by atoms with Crippen LogP contribution < -0.4 is 16.9 Å². The van der Waals surface area contributed by atoms with Gasteiger partial charge in [-0.3, -0.25) is 28.0 Å². The van der Waals surface area contributed by atoms with E-state index in [0.717, 1.165) is 25.5 Å². The smallest absolute Gasteiger partial charge is 0.434 e. The van der Waals surface area contributed by atoms with Crippen LogP contribution in [0.3, 0.4) is 0 Å². The predicted molar refractivity (Wildman–Crippen MR) is 175 cm³/mol. The Morgan fingerprint density at radius 1 is 0.840 bits per heavy atom. The van der Waals surface area contributed by atoms with Crippen molar-refractivity contribution in [1.82, 2.24) is 23.8 Å². The number of ether oxygens (including phenoxy) is 1. The van der Waals surface area contributed by atoms with Crippen LogP contribution >= 0.6 is 15.9 Å². The van der Waals surface area contributed by atoms with E-state index in [-0.39, 0.29) is 23.5 Å². The van der Waals surface area contributed by atoms with Crippen LogP contribution in [0.5, 0.6) is 0 Å². The van der Waals surface area contributed by atoms with Crippen molar-refractivity contribution in [1.29, 1.82) is 0 Å². The topological polar surface area (TPSA) is 151 Å². The van der Waals surface area contributed by atoms with Crippen molar-refractivity contribution in [2.45, 2.75) is 53.4 Å². The molecule has 5 heterocycles. The first kappa shape index (κ1) is 41.0. The van der Waals surface area contributed by atoms with Crippen molar-refractivity contribution < 1.29 is 40.7 Å². The average molecular weight is 774 g/mol. The number of nitrogen functional groups attached to an aromatic ring is 1. The summed E-state index contributed by atoms with van der Waals surface area (Å²) in [7, 11) is 0. The lowest BCUT2D eigenvalue weighted by molar-refractivity contribution is -0.145. The molecule has 11 nitrogen and oxygen atoms in total. The Bertz CT molecular complexity index is 2080. The normalized spacial score (nSPS) is 11.0. The first-order valence-electron chi connectivity index (χ1n) is 14.3. The van der Waals surface area contributed by atoms with Crippen LogP contribution in [0.25, 0.3) is 11.3 Å². The van der Waals surface area contributed by atoms with E-state index in [2.05, 4.69) is 35.6 Å². The number of pyridine rings is 3. The Balaban J connectivity index is 0.000000243. The van der Waals surface area contributed by atoms with Gasteiger partial charge in [0.1, 0.15) is 33.8 Å². The highest BCUT2D eigenvalue weighted by Gasteiger charge is 2.37. The molecule has 5 aromatic rings. The number of fused-ring (bicyclic) bond motifs is 2. The van der Waals surface area contributed by atoms with Crippen molar-refractivity contribution in [2.24, 2.45) is 0 Å². The fraction of sp³-hybridized carbons (Fsp3) is 0.281. The van der Waals surface area contributed by atoms with E-state index in [1.165, 1.54) is 31.5 Å². The molecule has 0 aromatic carbocycles. The molecular weight excluding hydrogens is 742 g/mol. The first-order valence-corrected chi connectivity index (χ1v) is 15.1. The van der Waals surface area contributed by atoms with E-state index in [1.54, 1.807) is 39.1 Å². The second-order valence-electron chi connectivity index (χ2n) is 10.4. The molecule has 268 valence electrons. The Morgan fingerprint density at radius 2 is 1.38 bits per heavy atom. The summed E-state index contributed by atoms with van der Waals surface area (Å²) >= 11 is 2.64. The monoisotopic (exact) mass is 772 g/mol. The zero-order valence-corrected chi connectivity index (χ0v) is 28.8. The summed E-state index contributed by atoms with van der Waals surface area (Å²) in [4.78, 5) is 54.4. The number of nitrogens with two attached hydrogens (primary N) is 1. The van der Waals surface area contributed by atoms with Gasteiger partial charge in [0.2, 0.25) is 0 Å². The molecule has 0 aliphatic carbocycles. The van der Waals surface area contributed by atoms with Crippen LogP contribution in [0.15, 0.2) is 75.1 Å². The summed E-state index contributed by atoms with van der Waals surface area (Å²) in [6, 6.07) is 10.3. The standard InChI is InChI=1S/C10H6BrF3N2O.C10H7F3N2O.C6H8N2.C6H10O3/c1-5-2-3-16-6(4-5)15-8(10(12,13)14)7(11)9(16)17;1-6-2-3-15-8(4-6)14-7(5-9(15)16)10(11,12)13;1-5-2-3-8-6(7)4-5;1-3-9-6(8)4-5(2)7/h2-4H,1H3;2-5H,1H3;2-4H,1H3,(H2,7,8);3-4H2,1-2H3. The number of anilines is 1. The van der Waals surface area contributed by atoms with Gasteiger partial charge in [0.15, 0.2) is 11.4 Å². The molecule has 0 atom stereocenters. The summed E-state index contributed by atoms with van der Waals surface area (Å²) < 4.78 is 81.1. The Kier molecular flexibility index (Phi) is 14.4. The third-order valence-corrected chi connectivity index (χ3v) is 6.66. The number of ketones is 1. The number of hydrogen-bond acceptors (Lipinski definition) is 9. The molecular formula is C32H31BrF6N6O5. The fourth-order valence-electron chi connectivity index (χ4n) is 3.73. The van der Waals surface area contributed by atoms with E-state index in [1.807, 2.05) is 19.1 Å². The van der Waals surface area contributed by atoms with Gasteiger partial charge in [-0.2, -0.15) is 26.3 Å². The van der Waals surface area contributed by atoms with E-state index in [4.69, 9.17) is 5.73 Å². The number of carbonyl (C=O) groups is 2. The predicted octanol–water partition coefficient (Wildman–Crippen LogP) is 6.31. The van der Waals surface area contributed by atoms with E-state index in [9.17, 15) is 45.5 Å². The minimum absolute atomic E-state index is 0.000162. The molecule has 0 bridgehead atoms. The maximum Gasteiger partial charge on any atom is 0.434 e. The molecule has 0 aliphatic rings. The Labute approximate surface area is 288 Å². The summed E-state index contributed by atoms with van der Waals surface area (Å²) in [5.74, 6) is -0.0107. The van der Waals surface area contributed by atoms with Crippen LogP contribution in [0.4, 0.5) is 32.2 Å². The number of halogens is 7. The van der Waals surface area contributed by atoms with Crippen molar-refractivity contribution in [3.8, 4) is 0 Å². The molecule has 50 heavy (non-hydrogen) atoms. The molecule has 0 radical (unpaired) electrons. The second-order valence-corrected chi connectivity index (χ2v) is 11.2. The summed E-state index contributed by atoms with van der Waals surface area (Å²) in [5, 5.41) is 0. The van der Waals surface area contributed by atoms with Gasteiger partial charge < -0.3 is 10.5 Å². The first-order chi connectivity index (χ1) is 23.1. The van der Waals surface area contributed by atoms with Crippen molar-refractivity contribution >= 4 is 44.8 Å². The largest absolute Gasteiger partial charge is 0.466 e. The molecule has 0 spiro atoms. The van der Waals surface area contributed by atoms with Crippen LogP contribution in [0, 0.1) is 20.8 Å². The molecule has 5 aromatic heterocycles. The molecule has 5 rings (SSSR count). The van der Waals surface area contributed by atoms with Gasteiger partial charge in [-0.05, 0) is 104 Å². The Morgan fingerprint density at radius 3 is 1.84 bits per heavy atom. The van der Waals surface area contributed by atoms with Crippen molar-refractivity contribution in [3.05, 3.63) is 114 Å². The molecule has 0 saturated carbocycles. The quantitative estimate of drug-likeness (QED) is 0.127. The lowest BCUT2D eigenvalue weighted by Crippen LogP contribution is -2.22. The highest BCUT2D eigenvalue weighted by Crippen LogP contribution is 2.31. The summed E-state index contributed by atoms with van der Waals surface area (Å²) in [6.07, 6.45) is -4.86. The number of aryl methyl sites for hydroxylation is 3.